The Hall–Kier alpha value is -1.33. The van der Waals surface area contributed by atoms with Crippen LogP contribution in [0.4, 0.5) is 8.78 Å². The van der Waals surface area contributed by atoms with Crippen molar-refractivity contribution >= 4 is 11.3 Å². The van der Waals surface area contributed by atoms with Crippen molar-refractivity contribution in [3.8, 4) is 10.6 Å². The summed E-state index contributed by atoms with van der Waals surface area (Å²) < 4.78 is 27.3. The summed E-state index contributed by atoms with van der Waals surface area (Å²) in [6, 6.07) is 3.76. The van der Waals surface area contributed by atoms with Gasteiger partial charge in [0, 0.05) is 5.92 Å². The fraction of sp³-hybridized carbons (Fsp3) is 0.308. The molecule has 1 fully saturated rings. The van der Waals surface area contributed by atoms with Gasteiger partial charge in [-0.2, -0.15) is 0 Å². The maximum Gasteiger partial charge on any atom is 0.136 e. The number of aromatic nitrogens is 1. The molecule has 1 N–H and O–H groups in total. The number of rotatable bonds is 3. The van der Waals surface area contributed by atoms with Crippen LogP contribution in [0.1, 0.15) is 29.3 Å². The van der Waals surface area contributed by atoms with E-state index in [-0.39, 0.29) is 12.2 Å². The number of hydrogen-bond acceptors (Lipinski definition) is 3. The lowest BCUT2D eigenvalue weighted by Crippen LogP contribution is -1.90. The third-order valence-electron chi connectivity index (χ3n) is 3.01. The molecule has 0 radical (unpaired) electrons. The van der Waals surface area contributed by atoms with E-state index in [1.807, 2.05) is 0 Å². The standard InChI is InChI=1S/C13H11F2NOS/c14-8-2-1-3-9(15)11(8)13-16-12(7-4-5-7)10(6-17)18-13/h1-3,7,17H,4-6H2. The quantitative estimate of drug-likeness (QED) is 0.923. The summed E-state index contributed by atoms with van der Waals surface area (Å²) in [6.45, 7) is -0.125. The van der Waals surface area contributed by atoms with Gasteiger partial charge < -0.3 is 5.11 Å². The van der Waals surface area contributed by atoms with Gasteiger partial charge >= 0.3 is 0 Å². The van der Waals surface area contributed by atoms with Gasteiger partial charge in [-0.05, 0) is 25.0 Å². The first-order valence-corrected chi connectivity index (χ1v) is 6.57. The van der Waals surface area contributed by atoms with Crippen molar-refractivity contribution in [1.29, 1.82) is 0 Å². The summed E-state index contributed by atoms with van der Waals surface area (Å²) in [6.07, 6.45) is 2.08. The lowest BCUT2D eigenvalue weighted by Gasteiger charge is -1.99. The van der Waals surface area contributed by atoms with Crippen LogP contribution in [0.2, 0.25) is 0 Å². The fourth-order valence-electron chi connectivity index (χ4n) is 1.96. The van der Waals surface area contributed by atoms with Crippen molar-refractivity contribution in [1.82, 2.24) is 4.98 Å². The SMILES string of the molecule is OCc1sc(-c2c(F)cccc2F)nc1C1CC1. The molecule has 1 aliphatic carbocycles. The minimum absolute atomic E-state index is 0.0934. The molecule has 1 aromatic carbocycles. The number of aliphatic hydroxyl groups excluding tert-OH is 1. The molecule has 3 rings (SSSR count). The number of hydrogen-bond donors (Lipinski definition) is 1. The van der Waals surface area contributed by atoms with Crippen molar-refractivity contribution in [3.05, 3.63) is 40.4 Å². The van der Waals surface area contributed by atoms with Crippen molar-refractivity contribution in [2.75, 3.05) is 0 Å². The Morgan fingerprint density at radius 3 is 2.50 bits per heavy atom. The van der Waals surface area contributed by atoms with E-state index in [1.54, 1.807) is 0 Å². The van der Waals surface area contributed by atoms with Crippen molar-refractivity contribution in [2.24, 2.45) is 0 Å². The van der Waals surface area contributed by atoms with Crippen LogP contribution in [-0.4, -0.2) is 10.1 Å². The molecule has 1 aromatic heterocycles. The van der Waals surface area contributed by atoms with E-state index in [1.165, 1.54) is 29.5 Å². The summed E-state index contributed by atoms with van der Waals surface area (Å²) in [5.41, 5.74) is 0.712. The molecule has 0 amide bonds. The van der Waals surface area contributed by atoms with Gasteiger partial charge in [-0.1, -0.05) is 6.07 Å². The molecule has 0 aliphatic heterocycles. The fourth-order valence-corrected chi connectivity index (χ4v) is 3.02. The minimum atomic E-state index is -0.615. The van der Waals surface area contributed by atoms with E-state index >= 15 is 0 Å². The Labute approximate surface area is 107 Å². The molecule has 2 aromatic rings. The summed E-state index contributed by atoms with van der Waals surface area (Å²) >= 11 is 1.17. The van der Waals surface area contributed by atoms with Gasteiger partial charge in [0.2, 0.25) is 0 Å². The van der Waals surface area contributed by atoms with Crippen LogP contribution in [0.25, 0.3) is 10.6 Å². The van der Waals surface area contributed by atoms with Gasteiger partial charge in [0.25, 0.3) is 0 Å². The zero-order valence-electron chi connectivity index (χ0n) is 9.49. The van der Waals surface area contributed by atoms with Gasteiger partial charge in [-0.3, -0.25) is 0 Å². The second kappa shape index (κ2) is 4.40. The second-order valence-electron chi connectivity index (χ2n) is 4.36. The third kappa shape index (κ3) is 1.93. The highest BCUT2D eigenvalue weighted by atomic mass is 32.1. The first kappa shape index (κ1) is 11.7. The molecule has 2 nitrogen and oxygen atoms in total. The molecular formula is C13H11F2NOS. The minimum Gasteiger partial charge on any atom is -0.391 e. The predicted molar refractivity (Wildman–Crippen MR) is 65.4 cm³/mol. The first-order valence-electron chi connectivity index (χ1n) is 5.75. The maximum atomic E-state index is 13.7. The van der Waals surface area contributed by atoms with Crippen molar-refractivity contribution < 1.29 is 13.9 Å². The molecule has 5 heteroatoms. The lowest BCUT2D eigenvalue weighted by molar-refractivity contribution is 0.284. The lowest BCUT2D eigenvalue weighted by atomic mass is 10.2. The molecule has 0 unspecified atom stereocenters. The van der Waals surface area contributed by atoms with Gasteiger partial charge in [0.05, 0.1) is 22.7 Å². The Morgan fingerprint density at radius 1 is 1.28 bits per heavy atom. The van der Waals surface area contributed by atoms with Crippen LogP contribution in [-0.2, 0) is 6.61 Å². The molecule has 0 saturated heterocycles. The molecule has 1 aliphatic rings. The van der Waals surface area contributed by atoms with E-state index in [0.717, 1.165) is 23.4 Å². The summed E-state index contributed by atoms with van der Waals surface area (Å²) in [4.78, 5) is 5.03. The molecule has 0 bridgehead atoms. The molecule has 94 valence electrons. The Morgan fingerprint density at radius 2 is 1.94 bits per heavy atom. The molecule has 0 atom stereocenters. The Bertz CT molecular complexity index is 572. The highest BCUT2D eigenvalue weighted by Crippen LogP contribution is 2.44. The zero-order valence-corrected chi connectivity index (χ0v) is 10.3. The van der Waals surface area contributed by atoms with Crippen molar-refractivity contribution in [2.45, 2.75) is 25.4 Å². The van der Waals surface area contributed by atoms with Gasteiger partial charge in [-0.15, -0.1) is 11.3 Å². The van der Waals surface area contributed by atoms with Crippen LogP contribution >= 0.6 is 11.3 Å². The van der Waals surface area contributed by atoms with Crippen LogP contribution in [0.15, 0.2) is 18.2 Å². The molecule has 0 spiro atoms. The van der Waals surface area contributed by atoms with E-state index in [0.29, 0.717) is 10.9 Å². The second-order valence-corrected chi connectivity index (χ2v) is 5.44. The highest BCUT2D eigenvalue weighted by Gasteiger charge is 2.30. The van der Waals surface area contributed by atoms with Crippen LogP contribution in [0, 0.1) is 11.6 Å². The van der Waals surface area contributed by atoms with Crippen molar-refractivity contribution in [3.63, 3.8) is 0 Å². The average Bonchev–Trinajstić information content (AvgIpc) is 3.10. The molecular weight excluding hydrogens is 256 g/mol. The normalized spacial score (nSPS) is 15.1. The number of aliphatic hydroxyl groups is 1. The largest absolute Gasteiger partial charge is 0.391 e. The smallest absolute Gasteiger partial charge is 0.136 e. The predicted octanol–water partition coefficient (Wildman–Crippen LogP) is 3.46. The van der Waals surface area contributed by atoms with Crippen LogP contribution < -0.4 is 0 Å². The Kier molecular flexibility index (Phi) is 2.87. The summed E-state index contributed by atoms with van der Waals surface area (Å²) in [5, 5.41) is 9.59. The molecule has 1 heterocycles. The topological polar surface area (TPSA) is 33.1 Å². The molecule has 1 saturated carbocycles. The van der Waals surface area contributed by atoms with E-state index < -0.39 is 11.6 Å². The summed E-state index contributed by atoms with van der Waals surface area (Å²) in [5.74, 6) is -0.877. The van der Waals surface area contributed by atoms with Crippen LogP contribution in [0.5, 0.6) is 0 Å². The zero-order chi connectivity index (χ0) is 12.7. The average molecular weight is 267 g/mol. The van der Waals surface area contributed by atoms with E-state index in [2.05, 4.69) is 4.98 Å². The molecule has 18 heavy (non-hydrogen) atoms. The van der Waals surface area contributed by atoms with Gasteiger partial charge in [0.1, 0.15) is 16.6 Å². The van der Waals surface area contributed by atoms with Gasteiger partial charge in [0.15, 0.2) is 0 Å². The first-order chi connectivity index (χ1) is 8.70. The number of halogens is 2. The van der Waals surface area contributed by atoms with Gasteiger partial charge in [-0.25, -0.2) is 13.8 Å². The maximum absolute atomic E-state index is 13.7. The number of benzene rings is 1. The van der Waals surface area contributed by atoms with E-state index in [4.69, 9.17) is 0 Å². The number of thiazole rings is 1. The van der Waals surface area contributed by atoms with E-state index in [9.17, 15) is 13.9 Å². The third-order valence-corrected chi connectivity index (χ3v) is 4.09. The van der Waals surface area contributed by atoms with Crippen LogP contribution in [0.3, 0.4) is 0 Å². The monoisotopic (exact) mass is 267 g/mol. The summed E-state index contributed by atoms with van der Waals surface area (Å²) in [7, 11) is 0. The Balaban J connectivity index is 2.11. The highest BCUT2D eigenvalue weighted by molar-refractivity contribution is 7.15. The number of nitrogens with zero attached hydrogens (tertiary/aromatic N) is 1.